The van der Waals surface area contributed by atoms with Crippen molar-refractivity contribution in [1.82, 2.24) is 5.32 Å². The van der Waals surface area contributed by atoms with Crippen molar-refractivity contribution >= 4 is 0 Å². The highest BCUT2D eigenvalue weighted by molar-refractivity contribution is 5.33. The fourth-order valence-electron chi connectivity index (χ4n) is 1.93. The summed E-state index contributed by atoms with van der Waals surface area (Å²) in [6.07, 6.45) is 1.70. The molecule has 0 spiro atoms. The molecule has 0 saturated carbocycles. The van der Waals surface area contributed by atoms with Gasteiger partial charge in [0.15, 0.2) is 0 Å². The zero-order valence-corrected chi connectivity index (χ0v) is 12.9. The van der Waals surface area contributed by atoms with Crippen molar-refractivity contribution in [3.8, 4) is 11.5 Å². The predicted octanol–water partition coefficient (Wildman–Crippen LogP) is 3.76. The van der Waals surface area contributed by atoms with Gasteiger partial charge in [0.05, 0.1) is 12.9 Å². The van der Waals surface area contributed by atoms with E-state index in [0.29, 0.717) is 19.3 Å². The second-order valence-corrected chi connectivity index (χ2v) is 5.10. The Kier molecular flexibility index (Phi) is 5.69. The van der Waals surface area contributed by atoms with Gasteiger partial charge in [-0.1, -0.05) is 19.9 Å². The van der Waals surface area contributed by atoms with E-state index in [0.717, 1.165) is 29.4 Å². The van der Waals surface area contributed by atoms with Crippen molar-refractivity contribution < 1.29 is 13.9 Å². The molecule has 2 rings (SSSR count). The molecule has 0 amide bonds. The molecule has 21 heavy (non-hydrogen) atoms. The van der Waals surface area contributed by atoms with E-state index >= 15 is 0 Å². The lowest BCUT2D eigenvalue weighted by Gasteiger charge is -2.10. The minimum atomic E-state index is 0.414. The molecule has 0 saturated heterocycles. The number of benzene rings is 1. The molecule has 0 atom stereocenters. The van der Waals surface area contributed by atoms with Crippen LogP contribution >= 0.6 is 0 Å². The first kappa shape index (κ1) is 15.4. The fraction of sp³-hybridized carbons (Fsp3) is 0.412. The third-order valence-electron chi connectivity index (χ3n) is 3.02. The van der Waals surface area contributed by atoms with Gasteiger partial charge in [-0.3, -0.25) is 0 Å². The topological polar surface area (TPSA) is 43.6 Å². The Morgan fingerprint density at radius 3 is 2.62 bits per heavy atom. The SMILES string of the molecule is CCOc1cccc(OCc2occc2CNC(C)C)c1. The molecule has 114 valence electrons. The zero-order valence-electron chi connectivity index (χ0n) is 12.9. The van der Waals surface area contributed by atoms with E-state index in [9.17, 15) is 0 Å². The quantitative estimate of drug-likeness (QED) is 0.803. The standard InChI is InChI=1S/C17H23NO3/c1-4-19-15-6-5-7-16(10-15)21-12-17-14(8-9-20-17)11-18-13(2)3/h5-10,13,18H,4,11-12H2,1-3H3. The number of ether oxygens (including phenoxy) is 2. The van der Waals surface area contributed by atoms with Gasteiger partial charge in [-0.05, 0) is 25.1 Å². The van der Waals surface area contributed by atoms with E-state index in [1.165, 1.54) is 0 Å². The highest BCUT2D eigenvalue weighted by Crippen LogP contribution is 2.21. The summed E-state index contributed by atoms with van der Waals surface area (Å²) in [4.78, 5) is 0. The van der Waals surface area contributed by atoms with E-state index in [1.54, 1.807) is 6.26 Å². The minimum absolute atomic E-state index is 0.414. The van der Waals surface area contributed by atoms with Crippen LogP contribution in [0.3, 0.4) is 0 Å². The molecule has 0 aliphatic rings. The monoisotopic (exact) mass is 289 g/mol. The highest BCUT2D eigenvalue weighted by atomic mass is 16.5. The Balaban J connectivity index is 1.93. The first-order chi connectivity index (χ1) is 10.2. The van der Waals surface area contributed by atoms with E-state index in [2.05, 4.69) is 19.2 Å². The summed E-state index contributed by atoms with van der Waals surface area (Å²) in [7, 11) is 0. The third kappa shape index (κ3) is 4.83. The number of furan rings is 1. The number of hydrogen-bond acceptors (Lipinski definition) is 4. The van der Waals surface area contributed by atoms with Crippen molar-refractivity contribution in [2.24, 2.45) is 0 Å². The maximum absolute atomic E-state index is 5.78. The Labute approximate surface area is 126 Å². The first-order valence-electron chi connectivity index (χ1n) is 7.33. The summed E-state index contributed by atoms with van der Waals surface area (Å²) in [6, 6.07) is 10.1. The third-order valence-corrected chi connectivity index (χ3v) is 3.02. The molecule has 0 fully saturated rings. The van der Waals surface area contributed by atoms with Gasteiger partial charge in [0.1, 0.15) is 23.9 Å². The van der Waals surface area contributed by atoms with Crippen LogP contribution < -0.4 is 14.8 Å². The summed E-state index contributed by atoms with van der Waals surface area (Å²) < 4.78 is 16.7. The van der Waals surface area contributed by atoms with Gasteiger partial charge in [0.25, 0.3) is 0 Å². The number of nitrogens with one attached hydrogen (secondary N) is 1. The maximum Gasteiger partial charge on any atom is 0.146 e. The smallest absolute Gasteiger partial charge is 0.146 e. The van der Waals surface area contributed by atoms with Gasteiger partial charge in [0.2, 0.25) is 0 Å². The first-order valence-corrected chi connectivity index (χ1v) is 7.33. The Bertz CT molecular complexity index is 548. The summed E-state index contributed by atoms with van der Waals surface area (Å²) in [5.74, 6) is 2.45. The summed E-state index contributed by atoms with van der Waals surface area (Å²) in [5, 5.41) is 3.38. The predicted molar refractivity (Wildman–Crippen MR) is 82.6 cm³/mol. The van der Waals surface area contributed by atoms with Crippen LogP contribution in [-0.4, -0.2) is 12.6 Å². The van der Waals surface area contributed by atoms with Gasteiger partial charge in [0, 0.05) is 24.2 Å². The van der Waals surface area contributed by atoms with Crippen LogP contribution in [0.4, 0.5) is 0 Å². The van der Waals surface area contributed by atoms with Crippen molar-refractivity contribution in [2.45, 2.75) is 40.0 Å². The number of rotatable bonds is 8. The van der Waals surface area contributed by atoms with Crippen LogP contribution in [-0.2, 0) is 13.2 Å². The maximum atomic E-state index is 5.78. The van der Waals surface area contributed by atoms with E-state index in [-0.39, 0.29) is 0 Å². The van der Waals surface area contributed by atoms with Gasteiger partial charge in [-0.25, -0.2) is 0 Å². The molecule has 0 aliphatic heterocycles. The second-order valence-electron chi connectivity index (χ2n) is 5.10. The summed E-state index contributed by atoms with van der Waals surface area (Å²) >= 11 is 0. The van der Waals surface area contributed by atoms with Gasteiger partial charge in [-0.2, -0.15) is 0 Å². The summed E-state index contributed by atoms with van der Waals surface area (Å²) in [6.45, 7) is 8.05. The molecule has 0 unspecified atom stereocenters. The molecule has 0 aliphatic carbocycles. The lowest BCUT2D eigenvalue weighted by molar-refractivity contribution is 0.265. The van der Waals surface area contributed by atoms with Crippen LogP contribution in [0.5, 0.6) is 11.5 Å². The molecule has 1 N–H and O–H groups in total. The summed E-state index contributed by atoms with van der Waals surface area (Å²) in [5.41, 5.74) is 1.13. The minimum Gasteiger partial charge on any atom is -0.494 e. The molecule has 4 heteroatoms. The molecule has 0 radical (unpaired) electrons. The van der Waals surface area contributed by atoms with Crippen LogP contribution in [0.25, 0.3) is 0 Å². The molecule has 1 aromatic carbocycles. The largest absolute Gasteiger partial charge is 0.494 e. The molecular weight excluding hydrogens is 266 g/mol. The van der Waals surface area contributed by atoms with Crippen LogP contribution in [0, 0.1) is 0 Å². The van der Waals surface area contributed by atoms with Crippen LogP contribution in [0.1, 0.15) is 32.1 Å². The van der Waals surface area contributed by atoms with Crippen molar-refractivity contribution in [3.63, 3.8) is 0 Å². The van der Waals surface area contributed by atoms with E-state index in [1.807, 2.05) is 37.3 Å². The van der Waals surface area contributed by atoms with Gasteiger partial charge < -0.3 is 19.2 Å². The zero-order chi connectivity index (χ0) is 15.1. The Morgan fingerprint density at radius 2 is 1.90 bits per heavy atom. The lowest BCUT2D eigenvalue weighted by Crippen LogP contribution is -2.22. The van der Waals surface area contributed by atoms with Crippen molar-refractivity contribution in [1.29, 1.82) is 0 Å². The van der Waals surface area contributed by atoms with Crippen molar-refractivity contribution in [2.75, 3.05) is 6.61 Å². The molecule has 0 bridgehead atoms. The van der Waals surface area contributed by atoms with Gasteiger partial charge in [-0.15, -0.1) is 0 Å². The van der Waals surface area contributed by atoms with Gasteiger partial charge >= 0.3 is 0 Å². The molecule has 1 heterocycles. The normalized spacial score (nSPS) is 10.9. The molecule has 4 nitrogen and oxygen atoms in total. The molecular formula is C17H23NO3. The average Bonchev–Trinajstić information content (AvgIpc) is 2.91. The van der Waals surface area contributed by atoms with E-state index < -0.39 is 0 Å². The van der Waals surface area contributed by atoms with Crippen molar-refractivity contribution in [3.05, 3.63) is 47.9 Å². The fourth-order valence-corrected chi connectivity index (χ4v) is 1.93. The van der Waals surface area contributed by atoms with E-state index in [4.69, 9.17) is 13.9 Å². The second kappa shape index (κ2) is 7.74. The van der Waals surface area contributed by atoms with Crippen LogP contribution in [0.15, 0.2) is 41.0 Å². The molecule has 1 aromatic heterocycles. The Morgan fingerprint density at radius 1 is 1.14 bits per heavy atom. The lowest BCUT2D eigenvalue weighted by atomic mass is 10.2. The van der Waals surface area contributed by atoms with Crippen LogP contribution in [0.2, 0.25) is 0 Å². The highest BCUT2D eigenvalue weighted by Gasteiger charge is 2.08. The number of hydrogen-bond donors (Lipinski definition) is 1. The molecule has 2 aromatic rings. The average molecular weight is 289 g/mol. The Hall–Kier alpha value is -1.94.